The van der Waals surface area contributed by atoms with Gasteiger partial charge < -0.3 is 18.9 Å². The first-order chi connectivity index (χ1) is 50.0. The Hall–Kier alpha value is -0.990. The number of carbonyl (C=O) groups is 2. The van der Waals surface area contributed by atoms with Crippen molar-refractivity contribution in [2.45, 2.75) is 534 Å². The first-order valence-electron chi connectivity index (χ1n) is 46.8. The van der Waals surface area contributed by atoms with Crippen molar-refractivity contribution >= 4 is 19.8 Å². The molecule has 0 aromatic carbocycles. The zero-order chi connectivity index (χ0) is 74.0. The first-order valence-corrected chi connectivity index (χ1v) is 48.3. The summed E-state index contributed by atoms with van der Waals surface area (Å²) < 4.78 is 34.9. The Morgan fingerprint density at radius 3 is 0.627 bits per heavy atom. The van der Waals surface area contributed by atoms with Crippen LogP contribution in [0.3, 0.4) is 0 Å². The van der Waals surface area contributed by atoms with E-state index in [0.29, 0.717) is 17.4 Å². The van der Waals surface area contributed by atoms with Gasteiger partial charge in [0, 0.05) is 12.8 Å². The number of quaternary nitrogens is 1. The average Bonchev–Trinajstić information content (AvgIpc) is 0.935. The molecule has 0 aliphatic heterocycles. The summed E-state index contributed by atoms with van der Waals surface area (Å²) in [6, 6.07) is 0. The largest absolute Gasteiger partial charge is 0.472 e. The molecule has 0 rings (SSSR count). The SMILES string of the molecule is CCCCCCCCCCCCCCCCCCCCCCCCCCCCCCCCCCCCCCCCCC(=O)OCC(COP(=O)(O)OCC[N+](C)(C)C)OC(=O)CCCCCCCCCCCCCCCCCCCCCCCCCCCCCCCCCCCCCCCCC. The Bertz CT molecular complexity index is 1670. The molecule has 9 nitrogen and oxygen atoms in total. The van der Waals surface area contributed by atoms with Gasteiger partial charge in [0.15, 0.2) is 6.10 Å². The highest BCUT2D eigenvalue weighted by atomic mass is 31.2. The van der Waals surface area contributed by atoms with E-state index in [1.807, 2.05) is 21.1 Å². The van der Waals surface area contributed by atoms with Crippen molar-refractivity contribution in [2.75, 3.05) is 47.5 Å². The molecule has 0 aromatic rings. The van der Waals surface area contributed by atoms with E-state index in [1.165, 1.54) is 462 Å². The van der Waals surface area contributed by atoms with Crippen LogP contribution in [0.1, 0.15) is 528 Å². The minimum atomic E-state index is -4.39. The first kappa shape index (κ1) is 101. The molecule has 0 aliphatic carbocycles. The maximum atomic E-state index is 13.0. The summed E-state index contributed by atoms with van der Waals surface area (Å²) in [6.45, 7) is 4.56. The summed E-state index contributed by atoms with van der Waals surface area (Å²) >= 11 is 0. The van der Waals surface area contributed by atoms with Gasteiger partial charge in [0.2, 0.25) is 0 Å². The quantitative estimate of drug-likeness (QED) is 0.0278. The van der Waals surface area contributed by atoms with Crippen molar-refractivity contribution < 1.29 is 42.1 Å². The topological polar surface area (TPSA) is 108 Å². The summed E-state index contributed by atoms with van der Waals surface area (Å²) in [5.74, 6) is -0.761. The number of unbranched alkanes of at least 4 members (excludes halogenated alkanes) is 76. The third kappa shape index (κ3) is 87.9. The van der Waals surface area contributed by atoms with Gasteiger partial charge in [0.25, 0.3) is 0 Å². The van der Waals surface area contributed by atoms with Crippen LogP contribution in [0.15, 0.2) is 0 Å². The van der Waals surface area contributed by atoms with Gasteiger partial charge in [-0.3, -0.25) is 18.6 Å². The number of likely N-dealkylation sites (N-methyl/N-ethyl adjacent to an activating group) is 1. The Morgan fingerprint density at radius 2 is 0.441 bits per heavy atom. The van der Waals surface area contributed by atoms with Gasteiger partial charge in [-0.2, -0.15) is 0 Å². The van der Waals surface area contributed by atoms with Crippen molar-refractivity contribution in [3.05, 3.63) is 0 Å². The van der Waals surface area contributed by atoms with Crippen LogP contribution < -0.4 is 0 Å². The van der Waals surface area contributed by atoms with Crippen LogP contribution in [0.25, 0.3) is 0 Å². The van der Waals surface area contributed by atoms with E-state index in [9.17, 15) is 19.0 Å². The van der Waals surface area contributed by atoms with E-state index >= 15 is 0 Å². The third-order valence-corrected chi connectivity index (χ3v) is 23.1. The molecule has 0 fully saturated rings. The Balaban J connectivity index is 3.79. The monoisotopic (exact) mass is 1460 g/mol. The van der Waals surface area contributed by atoms with Crippen LogP contribution >= 0.6 is 7.82 Å². The molecular formula is C92H185NO8P+. The van der Waals surface area contributed by atoms with E-state index in [0.717, 1.165) is 38.5 Å². The zero-order valence-electron chi connectivity index (χ0n) is 70.2. The molecule has 10 heteroatoms. The molecule has 0 aliphatic rings. The predicted molar refractivity (Wildman–Crippen MR) is 446 cm³/mol. The lowest BCUT2D eigenvalue weighted by Crippen LogP contribution is -2.37. The van der Waals surface area contributed by atoms with E-state index in [-0.39, 0.29) is 25.6 Å². The molecule has 0 amide bonds. The van der Waals surface area contributed by atoms with Crippen LogP contribution in [-0.4, -0.2) is 74.9 Å². The fourth-order valence-corrected chi connectivity index (χ4v) is 15.8. The van der Waals surface area contributed by atoms with E-state index in [2.05, 4.69) is 13.8 Å². The van der Waals surface area contributed by atoms with Gasteiger partial charge in [-0.05, 0) is 12.8 Å². The van der Waals surface area contributed by atoms with Gasteiger partial charge >= 0.3 is 19.8 Å². The Kier molecular flexibility index (Phi) is 83.2. The summed E-state index contributed by atoms with van der Waals surface area (Å²) in [5.41, 5.74) is 0. The number of phosphoric ester groups is 1. The standard InChI is InChI=1S/C92H184NO8P/c1-6-8-10-12-14-16-18-20-22-24-26-28-30-32-34-36-38-40-42-44-46-48-50-52-54-56-58-60-62-64-66-68-70-72-74-76-78-80-82-84-91(94)98-88-90(89-100-102(96,97)99-87-86-93(3,4)5)101-92(95)85-83-81-79-77-75-73-71-69-67-65-63-61-59-57-55-53-51-49-47-45-43-41-39-37-35-33-31-29-27-25-23-21-19-17-15-13-11-9-7-2/h90H,6-89H2,1-5H3/p+1. The number of nitrogens with zero attached hydrogens (tertiary/aromatic N) is 1. The molecule has 0 aromatic heterocycles. The highest BCUT2D eigenvalue weighted by Gasteiger charge is 2.27. The molecular weight excluding hydrogens is 1280 g/mol. The van der Waals surface area contributed by atoms with Crippen LogP contribution in [0.4, 0.5) is 0 Å². The second kappa shape index (κ2) is 84.0. The minimum absolute atomic E-state index is 0.0380. The summed E-state index contributed by atoms with van der Waals surface area (Å²) in [4.78, 5) is 36.1. The lowest BCUT2D eigenvalue weighted by molar-refractivity contribution is -0.870. The number of hydrogen-bond acceptors (Lipinski definition) is 7. The number of esters is 2. The van der Waals surface area contributed by atoms with Gasteiger partial charge in [-0.1, -0.05) is 502 Å². The molecule has 102 heavy (non-hydrogen) atoms. The summed E-state index contributed by atoms with van der Waals surface area (Å²) in [7, 11) is 1.52. The second-order valence-electron chi connectivity index (χ2n) is 33.8. The molecule has 0 saturated carbocycles. The maximum absolute atomic E-state index is 13.0. The van der Waals surface area contributed by atoms with Gasteiger partial charge in [-0.25, -0.2) is 4.57 Å². The van der Waals surface area contributed by atoms with E-state index < -0.39 is 26.5 Å². The Labute approximate surface area is 639 Å². The van der Waals surface area contributed by atoms with Crippen molar-refractivity contribution in [2.24, 2.45) is 0 Å². The maximum Gasteiger partial charge on any atom is 0.472 e. The van der Waals surface area contributed by atoms with Crippen molar-refractivity contribution in [1.82, 2.24) is 0 Å². The molecule has 0 heterocycles. The molecule has 2 unspecified atom stereocenters. The smallest absolute Gasteiger partial charge is 0.462 e. The number of hydrogen-bond donors (Lipinski definition) is 1. The van der Waals surface area contributed by atoms with Gasteiger partial charge in [0.05, 0.1) is 27.7 Å². The highest BCUT2D eigenvalue weighted by molar-refractivity contribution is 7.47. The van der Waals surface area contributed by atoms with Crippen molar-refractivity contribution in [3.8, 4) is 0 Å². The molecule has 1 N–H and O–H groups in total. The van der Waals surface area contributed by atoms with E-state index in [1.54, 1.807) is 0 Å². The minimum Gasteiger partial charge on any atom is -0.462 e. The number of ether oxygens (including phenoxy) is 2. The zero-order valence-corrected chi connectivity index (χ0v) is 71.1. The lowest BCUT2D eigenvalue weighted by atomic mass is 10.0. The lowest BCUT2D eigenvalue weighted by Gasteiger charge is -2.24. The average molecular weight is 1460 g/mol. The molecule has 0 saturated heterocycles. The number of carbonyl (C=O) groups excluding carboxylic acids is 2. The Morgan fingerprint density at radius 1 is 0.265 bits per heavy atom. The fourth-order valence-electron chi connectivity index (χ4n) is 15.0. The van der Waals surface area contributed by atoms with Crippen molar-refractivity contribution in [1.29, 1.82) is 0 Å². The molecule has 0 spiro atoms. The molecule has 0 radical (unpaired) electrons. The normalized spacial score (nSPS) is 12.8. The summed E-state index contributed by atoms with van der Waals surface area (Å²) in [6.07, 6.45) is 108. The highest BCUT2D eigenvalue weighted by Crippen LogP contribution is 2.43. The van der Waals surface area contributed by atoms with Crippen LogP contribution in [0.2, 0.25) is 0 Å². The van der Waals surface area contributed by atoms with Crippen LogP contribution in [-0.2, 0) is 32.7 Å². The number of rotatable bonds is 90. The number of phosphoric acid groups is 1. The predicted octanol–water partition coefficient (Wildman–Crippen LogP) is 31.5. The second-order valence-corrected chi connectivity index (χ2v) is 35.2. The van der Waals surface area contributed by atoms with Gasteiger partial charge in [-0.15, -0.1) is 0 Å². The van der Waals surface area contributed by atoms with Crippen LogP contribution in [0.5, 0.6) is 0 Å². The van der Waals surface area contributed by atoms with E-state index in [4.69, 9.17) is 18.5 Å². The molecule has 610 valence electrons. The van der Waals surface area contributed by atoms with Crippen molar-refractivity contribution in [3.63, 3.8) is 0 Å². The molecule has 2 atom stereocenters. The summed E-state index contributed by atoms with van der Waals surface area (Å²) in [5, 5.41) is 0. The fraction of sp³-hybridized carbons (Fsp3) is 0.978. The third-order valence-electron chi connectivity index (χ3n) is 22.1. The van der Waals surface area contributed by atoms with Gasteiger partial charge in [0.1, 0.15) is 19.8 Å². The molecule has 0 bridgehead atoms. The van der Waals surface area contributed by atoms with Crippen LogP contribution in [0, 0.1) is 0 Å².